The van der Waals surface area contributed by atoms with Crippen LogP contribution in [0.25, 0.3) is 0 Å². The molecule has 1 fully saturated rings. The maximum atomic E-state index is 11.3. The van der Waals surface area contributed by atoms with Crippen LogP contribution in [0, 0.1) is 0 Å². The summed E-state index contributed by atoms with van der Waals surface area (Å²) in [6.07, 6.45) is 3.75. The van der Waals surface area contributed by atoms with Crippen molar-refractivity contribution in [3.63, 3.8) is 0 Å². The molecule has 1 atom stereocenters. The molecule has 0 aliphatic carbocycles. The lowest BCUT2D eigenvalue weighted by Gasteiger charge is -2.33. The molecule has 0 amide bonds. The quantitative estimate of drug-likeness (QED) is 0.755. The Kier molecular flexibility index (Phi) is 5.29. The van der Waals surface area contributed by atoms with Crippen molar-refractivity contribution in [2.75, 3.05) is 31.7 Å². The van der Waals surface area contributed by atoms with Gasteiger partial charge in [0.2, 0.25) is 0 Å². The van der Waals surface area contributed by atoms with E-state index in [1.54, 1.807) is 6.33 Å². The highest BCUT2D eigenvalue weighted by molar-refractivity contribution is 5.69. The summed E-state index contributed by atoms with van der Waals surface area (Å²) in [5, 5.41) is 0. The second-order valence-corrected chi connectivity index (χ2v) is 4.84. The van der Waals surface area contributed by atoms with E-state index in [9.17, 15) is 4.79 Å². The van der Waals surface area contributed by atoms with Crippen molar-refractivity contribution in [1.29, 1.82) is 0 Å². The number of esters is 1. The number of morpholine rings is 1. The maximum absolute atomic E-state index is 11.3. The molecule has 0 aromatic carbocycles. The van der Waals surface area contributed by atoms with Crippen LogP contribution < -0.4 is 4.90 Å². The summed E-state index contributed by atoms with van der Waals surface area (Å²) < 4.78 is 10.3. The lowest BCUT2D eigenvalue weighted by atomic mass is 10.2. The smallest absolute Gasteiger partial charge is 0.308 e. The highest BCUT2D eigenvalue weighted by Crippen LogP contribution is 2.17. The molecule has 0 spiro atoms. The molecular formula is C14H21N3O3. The fourth-order valence-electron chi connectivity index (χ4n) is 2.27. The third-order valence-corrected chi connectivity index (χ3v) is 3.30. The van der Waals surface area contributed by atoms with Crippen molar-refractivity contribution in [2.45, 2.75) is 32.3 Å². The molecule has 1 aromatic heterocycles. The average molecular weight is 279 g/mol. The first-order chi connectivity index (χ1) is 9.72. The van der Waals surface area contributed by atoms with Crippen molar-refractivity contribution in [2.24, 2.45) is 0 Å². The van der Waals surface area contributed by atoms with E-state index in [2.05, 4.69) is 26.5 Å². The van der Waals surface area contributed by atoms with Crippen LogP contribution in [-0.4, -0.2) is 48.8 Å². The van der Waals surface area contributed by atoms with Gasteiger partial charge in [-0.15, -0.1) is 0 Å². The molecular weight excluding hydrogens is 258 g/mol. The van der Waals surface area contributed by atoms with Gasteiger partial charge in [-0.3, -0.25) is 4.79 Å². The molecule has 0 radical (unpaired) electrons. The van der Waals surface area contributed by atoms with Crippen LogP contribution in [0.15, 0.2) is 12.4 Å². The van der Waals surface area contributed by atoms with Crippen molar-refractivity contribution >= 4 is 11.8 Å². The minimum atomic E-state index is -0.244. The zero-order valence-corrected chi connectivity index (χ0v) is 12.0. The third kappa shape index (κ3) is 3.90. The van der Waals surface area contributed by atoms with Crippen molar-refractivity contribution in [3.05, 3.63) is 18.1 Å². The largest absolute Gasteiger partial charge is 0.469 e. The molecule has 0 N–H and O–H groups in total. The van der Waals surface area contributed by atoms with Gasteiger partial charge < -0.3 is 14.4 Å². The summed E-state index contributed by atoms with van der Waals surface area (Å²) in [6.45, 7) is 4.15. The van der Waals surface area contributed by atoms with Gasteiger partial charge in [0.15, 0.2) is 0 Å². The first-order valence-electron chi connectivity index (χ1n) is 6.97. The molecule has 1 saturated heterocycles. The van der Waals surface area contributed by atoms with Crippen molar-refractivity contribution in [1.82, 2.24) is 9.97 Å². The molecule has 1 unspecified atom stereocenters. The van der Waals surface area contributed by atoms with Crippen LogP contribution in [0.5, 0.6) is 0 Å². The molecule has 20 heavy (non-hydrogen) atoms. The maximum Gasteiger partial charge on any atom is 0.308 e. The van der Waals surface area contributed by atoms with E-state index in [0.29, 0.717) is 13.2 Å². The SMILES string of the molecule is CCCc1cc(N2CCOC(CC(=O)OC)C2)ncn1. The van der Waals surface area contributed by atoms with Crippen LogP contribution in [0.2, 0.25) is 0 Å². The zero-order valence-electron chi connectivity index (χ0n) is 12.0. The third-order valence-electron chi connectivity index (χ3n) is 3.30. The standard InChI is InChI=1S/C14H21N3O3/c1-3-4-11-7-13(16-10-15-11)17-5-6-20-12(9-17)8-14(18)19-2/h7,10,12H,3-6,8-9H2,1-2H3. The molecule has 1 aliphatic heterocycles. The summed E-state index contributed by atoms with van der Waals surface area (Å²) in [4.78, 5) is 22.0. The minimum Gasteiger partial charge on any atom is -0.469 e. The molecule has 6 heteroatoms. The first-order valence-corrected chi connectivity index (χ1v) is 6.97. The van der Waals surface area contributed by atoms with Gasteiger partial charge >= 0.3 is 5.97 Å². The Bertz CT molecular complexity index is 453. The second kappa shape index (κ2) is 7.19. The number of rotatable bonds is 5. The average Bonchev–Trinajstić information content (AvgIpc) is 2.48. The van der Waals surface area contributed by atoms with Crippen molar-refractivity contribution in [3.8, 4) is 0 Å². The number of anilines is 1. The Hall–Kier alpha value is -1.69. The van der Waals surface area contributed by atoms with E-state index in [-0.39, 0.29) is 18.5 Å². The summed E-state index contributed by atoms with van der Waals surface area (Å²) >= 11 is 0. The van der Waals surface area contributed by atoms with Crippen LogP contribution in [0.4, 0.5) is 5.82 Å². The molecule has 0 bridgehead atoms. The van der Waals surface area contributed by atoms with Gasteiger partial charge in [0.05, 0.1) is 26.2 Å². The predicted molar refractivity (Wildman–Crippen MR) is 74.6 cm³/mol. The van der Waals surface area contributed by atoms with E-state index in [1.807, 2.05) is 6.07 Å². The van der Waals surface area contributed by atoms with Gasteiger partial charge in [0.25, 0.3) is 0 Å². The van der Waals surface area contributed by atoms with Crippen LogP contribution in [0.1, 0.15) is 25.5 Å². The number of carbonyl (C=O) groups is 1. The fourth-order valence-corrected chi connectivity index (χ4v) is 2.27. The van der Waals surface area contributed by atoms with Gasteiger partial charge in [-0.25, -0.2) is 9.97 Å². The molecule has 6 nitrogen and oxygen atoms in total. The van der Waals surface area contributed by atoms with Crippen LogP contribution in [0.3, 0.4) is 0 Å². The monoisotopic (exact) mass is 279 g/mol. The van der Waals surface area contributed by atoms with Gasteiger partial charge in [-0.2, -0.15) is 0 Å². The second-order valence-electron chi connectivity index (χ2n) is 4.84. The summed E-state index contributed by atoms with van der Waals surface area (Å²) in [5.41, 5.74) is 1.05. The number of hydrogen-bond acceptors (Lipinski definition) is 6. The molecule has 1 aromatic rings. The first kappa shape index (κ1) is 14.7. The Labute approximate surface area is 119 Å². The number of nitrogens with zero attached hydrogens (tertiary/aromatic N) is 3. The summed E-state index contributed by atoms with van der Waals surface area (Å²) in [7, 11) is 1.39. The van der Waals surface area contributed by atoms with Crippen LogP contribution >= 0.6 is 0 Å². The number of carbonyl (C=O) groups excluding carboxylic acids is 1. The van der Waals surface area contributed by atoms with E-state index in [0.717, 1.165) is 30.9 Å². The molecule has 2 heterocycles. The lowest BCUT2D eigenvalue weighted by Crippen LogP contribution is -2.43. The highest BCUT2D eigenvalue weighted by atomic mass is 16.5. The summed E-state index contributed by atoms with van der Waals surface area (Å²) in [6, 6.07) is 2.02. The number of aryl methyl sites for hydroxylation is 1. The predicted octanol–water partition coefficient (Wildman–Crippen LogP) is 1.20. The Morgan fingerprint density at radius 1 is 1.55 bits per heavy atom. The normalized spacial score (nSPS) is 18.9. The zero-order chi connectivity index (χ0) is 14.4. The summed E-state index contributed by atoms with van der Waals surface area (Å²) in [5.74, 6) is 0.660. The molecule has 0 saturated carbocycles. The van der Waals surface area contributed by atoms with E-state index in [1.165, 1.54) is 7.11 Å². The van der Waals surface area contributed by atoms with E-state index >= 15 is 0 Å². The van der Waals surface area contributed by atoms with Gasteiger partial charge in [0, 0.05) is 24.8 Å². The number of ether oxygens (including phenoxy) is 2. The number of aromatic nitrogens is 2. The fraction of sp³-hybridized carbons (Fsp3) is 0.643. The molecule has 1 aliphatic rings. The van der Waals surface area contributed by atoms with Gasteiger partial charge in [0.1, 0.15) is 12.1 Å². The highest BCUT2D eigenvalue weighted by Gasteiger charge is 2.24. The van der Waals surface area contributed by atoms with Gasteiger partial charge in [-0.05, 0) is 6.42 Å². The topological polar surface area (TPSA) is 64.5 Å². The van der Waals surface area contributed by atoms with Crippen molar-refractivity contribution < 1.29 is 14.3 Å². The van der Waals surface area contributed by atoms with Gasteiger partial charge in [-0.1, -0.05) is 13.3 Å². The molecule has 110 valence electrons. The Balaban J connectivity index is 2.01. The number of hydrogen-bond donors (Lipinski definition) is 0. The minimum absolute atomic E-state index is 0.138. The van der Waals surface area contributed by atoms with Crippen LogP contribution in [-0.2, 0) is 20.7 Å². The van der Waals surface area contributed by atoms with E-state index < -0.39 is 0 Å². The Morgan fingerprint density at radius 2 is 2.40 bits per heavy atom. The number of methoxy groups -OCH3 is 1. The lowest BCUT2D eigenvalue weighted by molar-refractivity contribution is -0.144. The van der Waals surface area contributed by atoms with E-state index in [4.69, 9.17) is 4.74 Å². The molecule has 2 rings (SSSR count). The Morgan fingerprint density at radius 3 is 3.15 bits per heavy atom.